The highest BCUT2D eigenvalue weighted by Gasteiger charge is 2.18. The van der Waals surface area contributed by atoms with Crippen LogP contribution in [0.1, 0.15) is 30.9 Å². The quantitative estimate of drug-likeness (QED) is 0.214. The van der Waals surface area contributed by atoms with Gasteiger partial charge in [-0.1, -0.05) is 56.3 Å². The van der Waals surface area contributed by atoms with E-state index in [-0.39, 0.29) is 0 Å². The van der Waals surface area contributed by atoms with E-state index >= 15 is 0 Å². The van der Waals surface area contributed by atoms with Crippen molar-refractivity contribution in [1.82, 2.24) is 9.13 Å². The van der Waals surface area contributed by atoms with Crippen LogP contribution in [0, 0.1) is 11.3 Å². The van der Waals surface area contributed by atoms with Gasteiger partial charge in [-0.25, -0.2) is 0 Å². The molecule has 0 atom stereocenters. The highest BCUT2D eigenvalue weighted by molar-refractivity contribution is 6.13. The van der Waals surface area contributed by atoms with Crippen LogP contribution in [0.4, 0.5) is 0 Å². The predicted octanol–water partition coefficient (Wildman–Crippen LogP) is 10.8. The molecule has 44 heavy (non-hydrogen) atoms. The molecule has 4 heteroatoms. The zero-order valence-electron chi connectivity index (χ0n) is 24.4. The molecule has 0 saturated heterocycles. The SMILES string of the molecule is CC(C)c1ccc2c(c1)c1cc(C#N)ccc1n2-c1ccc2c(c1)c1ccccc1n2-c1ccc2oc3ccccc3c2c1. The maximum absolute atomic E-state index is 9.68. The van der Waals surface area contributed by atoms with E-state index in [1.807, 2.05) is 24.3 Å². The second-order valence-corrected chi connectivity index (χ2v) is 11.9. The number of nitriles is 1. The number of hydrogen-bond acceptors (Lipinski definition) is 2. The van der Waals surface area contributed by atoms with Crippen molar-refractivity contribution < 1.29 is 4.42 Å². The van der Waals surface area contributed by atoms with Gasteiger partial charge in [0.1, 0.15) is 11.2 Å². The molecule has 0 radical (unpaired) electrons. The number of benzene rings is 6. The average molecular weight is 566 g/mol. The molecule has 4 nitrogen and oxygen atoms in total. The Hall–Kier alpha value is -5.79. The number of nitrogens with zero attached hydrogens (tertiary/aromatic N) is 3. The van der Waals surface area contributed by atoms with Gasteiger partial charge < -0.3 is 13.6 Å². The second kappa shape index (κ2) is 9.10. The summed E-state index contributed by atoms with van der Waals surface area (Å²) in [5, 5.41) is 16.6. The summed E-state index contributed by atoms with van der Waals surface area (Å²) in [6.45, 7) is 4.44. The molecule has 3 heterocycles. The minimum absolute atomic E-state index is 0.415. The molecule has 3 aromatic heterocycles. The molecule has 0 fully saturated rings. The van der Waals surface area contributed by atoms with Gasteiger partial charge in [0.2, 0.25) is 0 Å². The molecular formula is C40H27N3O. The van der Waals surface area contributed by atoms with Gasteiger partial charge in [-0.3, -0.25) is 0 Å². The van der Waals surface area contributed by atoms with Crippen molar-refractivity contribution in [3.8, 4) is 17.4 Å². The Bertz CT molecular complexity index is 2660. The van der Waals surface area contributed by atoms with Crippen LogP contribution < -0.4 is 0 Å². The van der Waals surface area contributed by atoms with Crippen LogP contribution in [-0.2, 0) is 0 Å². The molecule has 0 aliphatic carbocycles. The summed E-state index contributed by atoms with van der Waals surface area (Å²) >= 11 is 0. The van der Waals surface area contributed by atoms with E-state index in [0.717, 1.165) is 60.8 Å². The monoisotopic (exact) mass is 565 g/mol. The molecule has 0 unspecified atom stereocenters. The van der Waals surface area contributed by atoms with E-state index < -0.39 is 0 Å². The summed E-state index contributed by atoms with van der Waals surface area (Å²) in [7, 11) is 0. The zero-order chi connectivity index (χ0) is 29.5. The Morgan fingerprint density at radius 3 is 1.86 bits per heavy atom. The Morgan fingerprint density at radius 2 is 1.09 bits per heavy atom. The molecule has 208 valence electrons. The summed E-state index contributed by atoms with van der Waals surface area (Å²) < 4.78 is 10.8. The zero-order valence-corrected chi connectivity index (χ0v) is 24.4. The van der Waals surface area contributed by atoms with Crippen LogP contribution in [0.5, 0.6) is 0 Å². The van der Waals surface area contributed by atoms with E-state index in [1.54, 1.807) is 0 Å². The highest BCUT2D eigenvalue weighted by atomic mass is 16.3. The van der Waals surface area contributed by atoms with Crippen LogP contribution >= 0.6 is 0 Å². The Labute approximate surface area is 253 Å². The molecule has 0 aliphatic heterocycles. The minimum Gasteiger partial charge on any atom is -0.456 e. The van der Waals surface area contributed by atoms with Crippen LogP contribution in [0.3, 0.4) is 0 Å². The first kappa shape index (κ1) is 24.8. The van der Waals surface area contributed by atoms with Gasteiger partial charge in [-0.05, 0) is 90.3 Å². The van der Waals surface area contributed by atoms with Crippen LogP contribution in [0.25, 0.3) is 76.9 Å². The van der Waals surface area contributed by atoms with Crippen LogP contribution in [0.15, 0.2) is 126 Å². The van der Waals surface area contributed by atoms with Crippen molar-refractivity contribution in [2.45, 2.75) is 19.8 Å². The summed E-state index contributed by atoms with van der Waals surface area (Å²) in [4.78, 5) is 0. The Morgan fingerprint density at radius 1 is 0.523 bits per heavy atom. The molecule has 6 aromatic carbocycles. The van der Waals surface area contributed by atoms with Gasteiger partial charge in [-0.2, -0.15) is 5.26 Å². The fourth-order valence-electron chi connectivity index (χ4n) is 6.98. The lowest BCUT2D eigenvalue weighted by Gasteiger charge is -2.11. The smallest absolute Gasteiger partial charge is 0.135 e. The average Bonchev–Trinajstić information content (AvgIpc) is 3.71. The molecule has 0 bridgehead atoms. The molecule has 0 N–H and O–H groups in total. The van der Waals surface area contributed by atoms with Gasteiger partial charge in [0, 0.05) is 43.7 Å². The molecule has 0 amide bonds. The van der Waals surface area contributed by atoms with E-state index in [2.05, 4.69) is 126 Å². The third kappa shape index (κ3) is 3.44. The standard InChI is InChI=1S/C40H27N3O/c1-24(2)26-12-16-37-32(20-26)31-19-25(23-41)11-15-36(31)43(37)27-13-17-38-33(21-27)29-7-3-5-9-35(29)42(38)28-14-18-40-34(22-28)30-8-4-6-10-39(30)44-40/h3-22,24H,1-2H3. The number of furan rings is 1. The number of hydrogen-bond donors (Lipinski definition) is 0. The Balaban J connectivity index is 1.32. The normalized spacial score (nSPS) is 12.0. The number of rotatable bonds is 3. The first-order valence-electron chi connectivity index (χ1n) is 15.0. The largest absolute Gasteiger partial charge is 0.456 e. The van der Waals surface area contributed by atoms with Gasteiger partial charge in [0.25, 0.3) is 0 Å². The fourth-order valence-corrected chi connectivity index (χ4v) is 6.98. The fraction of sp³-hybridized carbons (Fsp3) is 0.0750. The van der Waals surface area contributed by atoms with E-state index in [0.29, 0.717) is 11.5 Å². The molecule has 0 saturated carbocycles. The lowest BCUT2D eigenvalue weighted by Crippen LogP contribution is -1.96. The summed E-state index contributed by atoms with van der Waals surface area (Å²) in [6, 6.07) is 45.2. The topological polar surface area (TPSA) is 46.8 Å². The Kier molecular flexibility index (Phi) is 5.13. The van der Waals surface area contributed by atoms with Crippen LogP contribution in [-0.4, -0.2) is 9.13 Å². The van der Waals surface area contributed by atoms with Gasteiger partial charge in [0.05, 0.1) is 33.7 Å². The van der Waals surface area contributed by atoms with Crippen molar-refractivity contribution >= 4 is 65.6 Å². The number of aromatic nitrogens is 2. The summed E-state index contributed by atoms with van der Waals surface area (Å²) in [5.74, 6) is 0.415. The molecule has 0 aliphatic rings. The summed E-state index contributed by atoms with van der Waals surface area (Å²) in [6.07, 6.45) is 0. The van der Waals surface area contributed by atoms with Crippen LogP contribution in [0.2, 0.25) is 0 Å². The lowest BCUT2D eigenvalue weighted by atomic mass is 10.0. The minimum atomic E-state index is 0.415. The van der Waals surface area contributed by atoms with Gasteiger partial charge in [0.15, 0.2) is 0 Å². The van der Waals surface area contributed by atoms with Crippen molar-refractivity contribution in [1.29, 1.82) is 5.26 Å². The third-order valence-electron chi connectivity index (χ3n) is 9.12. The van der Waals surface area contributed by atoms with Crippen molar-refractivity contribution in [3.63, 3.8) is 0 Å². The van der Waals surface area contributed by atoms with Crippen molar-refractivity contribution in [2.24, 2.45) is 0 Å². The summed E-state index contributed by atoms with van der Waals surface area (Å²) in [5.41, 5.74) is 10.5. The second-order valence-electron chi connectivity index (χ2n) is 11.9. The first-order valence-corrected chi connectivity index (χ1v) is 15.0. The lowest BCUT2D eigenvalue weighted by molar-refractivity contribution is 0.669. The third-order valence-corrected chi connectivity index (χ3v) is 9.12. The molecular weight excluding hydrogens is 538 g/mol. The maximum Gasteiger partial charge on any atom is 0.135 e. The van der Waals surface area contributed by atoms with Gasteiger partial charge >= 0.3 is 0 Å². The number of para-hydroxylation sites is 2. The number of fused-ring (bicyclic) bond motifs is 9. The van der Waals surface area contributed by atoms with Gasteiger partial charge in [-0.15, -0.1) is 0 Å². The molecule has 9 rings (SSSR count). The van der Waals surface area contributed by atoms with E-state index in [4.69, 9.17) is 4.42 Å². The molecule has 0 spiro atoms. The van der Waals surface area contributed by atoms with E-state index in [1.165, 1.54) is 21.7 Å². The van der Waals surface area contributed by atoms with Crippen molar-refractivity contribution in [2.75, 3.05) is 0 Å². The van der Waals surface area contributed by atoms with E-state index in [9.17, 15) is 5.26 Å². The molecule has 9 aromatic rings. The predicted molar refractivity (Wildman–Crippen MR) is 181 cm³/mol. The highest BCUT2D eigenvalue weighted by Crippen LogP contribution is 2.39. The first-order chi connectivity index (χ1) is 21.6. The maximum atomic E-state index is 9.68. The van der Waals surface area contributed by atoms with Crippen molar-refractivity contribution in [3.05, 3.63) is 132 Å².